The molecular weight excluding hydrogens is 398 g/mol. The number of rotatable bonds is 4. The van der Waals surface area contributed by atoms with Gasteiger partial charge in [0.2, 0.25) is 11.8 Å². The van der Waals surface area contributed by atoms with E-state index in [1.165, 1.54) is 10.6 Å². The molecule has 154 valence electrons. The first-order valence-electron chi connectivity index (χ1n) is 10.1. The van der Waals surface area contributed by atoms with Crippen molar-refractivity contribution in [2.75, 3.05) is 25.0 Å². The molecule has 3 aromatic rings. The summed E-state index contributed by atoms with van der Waals surface area (Å²) in [5.74, 6) is 0.0617. The minimum absolute atomic E-state index is 0.0315. The second-order valence-corrected chi connectivity index (χ2v) is 9.00. The summed E-state index contributed by atoms with van der Waals surface area (Å²) in [5.41, 5.74) is 4.32. The summed E-state index contributed by atoms with van der Waals surface area (Å²) in [7, 11) is 3.69. The standard InChI is InChI=1S/C22H23N5O2S/c1-25(22-24-21-16-11-23-26(2)17(16)8-9-18(21)30-22)20(29)13-27-12-15(10-19(27)28)14-6-4-3-5-7-14/h3-7,11,15H,8-10,12-13H2,1-2H3. The van der Waals surface area contributed by atoms with Gasteiger partial charge in [-0.25, -0.2) is 4.98 Å². The molecule has 1 aliphatic heterocycles. The topological polar surface area (TPSA) is 71.3 Å². The van der Waals surface area contributed by atoms with Gasteiger partial charge in [0.05, 0.1) is 11.9 Å². The zero-order valence-corrected chi connectivity index (χ0v) is 17.9. The molecular formula is C22H23N5O2S. The van der Waals surface area contributed by atoms with E-state index in [0.717, 1.165) is 29.7 Å². The van der Waals surface area contributed by atoms with Gasteiger partial charge in [-0.1, -0.05) is 30.3 Å². The number of thiazole rings is 1. The number of fused-ring (bicyclic) bond motifs is 3. The number of likely N-dealkylation sites (N-methyl/N-ethyl adjacent to an activating group) is 1. The van der Waals surface area contributed by atoms with Gasteiger partial charge >= 0.3 is 0 Å². The third kappa shape index (κ3) is 3.21. The van der Waals surface area contributed by atoms with E-state index in [-0.39, 0.29) is 24.3 Å². The summed E-state index contributed by atoms with van der Waals surface area (Å²) < 4.78 is 1.90. The predicted molar refractivity (Wildman–Crippen MR) is 116 cm³/mol. The second kappa shape index (κ2) is 7.36. The Balaban J connectivity index is 1.30. The number of amides is 2. The summed E-state index contributed by atoms with van der Waals surface area (Å²) in [4.78, 5) is 34.6. The van der Waals surface area contributed by atoms with E-state index in [4.69, 9.17) is 4.98 Å². The Morgan fingerprint density at radius 2 is 2.07 bits per heavy atom. The SMILES string of the molecule is CN(C(=O)CN1CC(c2ccccc2)CC1=O)c1nc2c(s1)CCc1c-2cnn1C. The fourth-order valence-corrected chi connectivity index (χ4v) is 5.35. The molecule has 0 saturated carbocycles. The normalized spacial score (nSPS) is 17.7. The number of hydrogen-bond donors (Lipinski definition) is 0. The molecule has 5 rings (SSSR count). The highest BCUT2D eigenvalue weighted by Gasteiger charge is 2.33. The minimum atomic E-state index is -0.116. The molecule has 30 heavy (non-hydrogen) atoms. The first-order valence-corrected chi connectivity index (χ1v) is 10.9. The number of aromatic nitrogens is 3. The molecule has 1 aliphatic carbocycles. The largest absolute Gasteiger partial charge is 0.333 e. The van der Waals surface area contributed by atoms with Crippen LogP contribution in [0.15, 0.2) is 36.5 Å². The number of benzene rings is 1. The smallest absolute Gasteiger partial charge is 0.248 e. The van der Waals surface area contributed by atoms with Gasteiger partial charge in [0.15, 0.2) is 5.13 Å². The molecule has 1 saturated heterocycles. The third-order valence-corrected chi connectivity index (χ3v) is 7.26. The van der Waals surface area contributed by atoms with Crippen molar-refractivity contribution in [3.05, 3.63) is 52.7 Å². The molecule has 3 heterocycles. The molecule has 2 amide bonds. The quantitative estimate of drug-likeness (QED) is 0.649. The number of likely N-dealkylation sites (tertiary alicyclic amines) is 1. The maximum absolute atomic E-state index is 12.9. The van der Waals surface area contributed by atoms with Crippen molar-refractivity contribution in [2.45, 2.75) is 25.2 Å². The van der Waals surface area contributed by atoms with E-state index < -0.39 is 0 Å². The Labute approximate surface area is 178 Å². The van der Waals surface area contributed by atoms with Gasteiger partial charge in [-0.05, 0) is 18.4 Å². The van der Waals surface area contributed by atoms with Crippen LogP contribution in [0.2, 0.25) is 0 Å². The van der Waals surface area contributed by atoms with Crippen LogP contribution in [-0.4, -0.2) is 51.6 Å². The Morgan fingerprint density at radius 3 is 2.87 bits per heavy atom. The molecule has 1 atom stereocenters. The lowest BCUT2D eigenvalue weighted by molar-refractivity contribution is -0.132. The van der Waals surface area contributed by atoms with Crippen LogP contribution in [0.4, 0.5) is 5.13 Å². The highest BCUT2D eigenvalue weighted by atomic mass is 32.1. The van der Waals surface area contributed by atoms with Gasteiger partial charge < -0.3 is 4.90 Å². The Morgan fingerprint density at radius 1 is 1.27 bits per heavy atom. The van der Waals surface area contributed by atoms with E-state index in [1.54, 1.807) is 28.2 Å². The summed E-state index contributed by atoms with van der Waals surface area (Å²) in [5, 5.41) is 5.03. The van der Waals surface area contributed by atoms with Crippen LogP contribution in [0.5, 0.6) is 0 Å². The van der Waals surface area contributed by atoms with Crippen molar-refractivity contribution < 1.29 is 9.59 Å². The van der Waals surface area contributed by atoms with Crippen molar-refractivity contribution in [1.82, 2.24) is 19.7 Å². The Bertz CT molecular complexity index is 1120. The number of nitrogens with zero attached hydrogens (tertiary/aromatic N) is 5. The lowest BCUT2D eigenvalue weighted by Gasteiger charge is -2.20. The Hall–Kier alpha value is -3.00. The van der Waals surface area contributed by atoms with Gasteiger partial charge in [0.25, 0.3) is 0 Å². The van der Waals surface area contributed by atoms with Crippen molar-refractivity contribution in [3.63, 3.8) is 0 Å². The number of carbonyl (C=O) groups excluding carboxylic acids is 2. The van der Waals surface area contributed by atoms with Gasteiger partial charge in [0, 0.05) is 49.1 Å². The van der Waals surface area contributed by atoms with Gasteiger partial charge in [-0.15, -0.1) is 11.3 Å². The van der Waals surface area contributed by atoms with Gasteiger partial charge in [-0.3, -0.25) is 19.2 Å². The number of aryl methyl sites for hydroxylation is 2. The minimum Gasteiger partial charge on any atom is -0.333 e. The zero-order chi connectivity index (χ0) is 20.8. The first-order chi connectivity index (χ1) is 14.5. The molecule has 0 spiro atoms. The monoisotopic (exact) mass is 421 g/mol. The molecule has 2 aromatic heterocycles. The zero-order valence-electron chi connectivity index (χ0n) is 17.0. The van der Waals surface area contributed by atoms with Crippen LogP contribution in [-0.2, 0) is 29.5 Å². The molecule has 2 aliphatic rings. The summed E-state index contributed by atoms with van der Waals surface area (Å²) in [6.45, 7) is 0.664. The summed E-state index contributed by atoms with van der Waals surface area (Å²) in [6.07, 6.45) is 4.15. The first kappa shape index (κ1) is 19.0. The van der Waals surface area contributed by atoms with E-state index in [2.05, 4.69) is 5.10 Å². The number of anilines is 1. The molecule has 0 bridgehead atoms. The maximum atomic E-state index is 12.9. The fourth-order valence-electron chi connectivity index (χ4n) is 4.30. The lowest BCUT2D eigenvalue weighted by atomic mass is 9.99. The highest BCUT2D eigenvalue weighted by molar-refractivity contribution is 7.16. The lowest BCUT2D eigenvalue weighted by Crippen LogP contribution is -2.39. The summed E-state index contributed by atoms with van der Waals surface area (Å²) >= 11 is 1.55. The third-order valence-electron chi connectivity index (χ3n) is 6.06. The molecule has 1 unspecified atom stereocenters. The van der Waals surface area contributed by atoms with Crippen molar-refractivity contribution >= 4 is 28.3 Å². The molecule has 7 nitrogen and oxygen atoms in total. The van der Waals surface area contributed by atoms with Crippen molar-refractivity contribution in [2.24, 2.45) is 7.05 Å². The molecule has 1 aromatic carbocycles. The van der Waals surface area contributed by atoms with Crippen LogP contribution in [0.3, 0.4) is 0 Å². The van der Waals surface area contributed by atoms with Crippen LogP contribution in [0.25, 0.3) is 11.3 Å². The molecule has 1 fully saturated rings. The van der Waals surface area contributed by atoms with Crippen molar-refractivity contribution in [1.29, 1.82) is 0 Å². The fraction of sp³-hybridized carbons (Fsp3) is 0.364. The number of carbonyl (C=O) groups is 2. The van der Waals surface area contributed by atoms with Crippen LogP contribution in [0.1, 0.15) is 28.5 Å². The molecule has 8 heteroatoms. The Kier molecular flexibility index (Phi) is 4.66. The van der Waals surface area contributed by atoms with E-state index in [1.807, 2.05) is 48.3 Å². The molecule has 0 N–H and O–H groups in total. The van der Waals surface area contributed by atoms with E-state index in [0.29, 0.717) is 18.1 Å². The highest BCUT2D eigenvalue weighted by Crippen LogP contribution is 2.39. The van der Waals surface area contributed by atoms with Crippen LogP contribution < -0.4 is 4.90 Å². The van der Waals surface area contributed by atoms with Crippen LogP contribution >= 0.6 is 11.3 Å². The van der Waals surface area contributed by atoms with Gasteiger partial charge in [0.1, 0.15) is 6.54 Å². The molecule has 0 radical (unpaired) electrons. The number of hydrogen-bond acceptors (Lipinski definition) is 5. The van der Waals surface area contributed by atoms with Crippen molar-refractivity contribution in [3.8, 4) is 11.3 Å². The predicted octanol–water partition coefficient (Wildman–Crippen LogP) is 2.62. The van der Waals surface area contributed by atoms with Gasteiger partial charge in [-0.2, -0.15) is 5.10 Å². The van der Waals surface area contributed by atoms with E-state index >= 15 is 0 Å². The summed E-state index contributed by atoms with van der Waals surface area (Å²) in [6, 6.07) is 10.0. The average Bonchev–Trinajstić information content (AvgIpc) is 3.45. The maximum Gasteiger partial charge on any atom is 0.248 e. The second-order valence-electron chi connectivity index (χ2n) is 7.94. The average molecular weight is 422 g/mol. The van der Waals surface area contributed by atoms with E-state index in [9.17, 15) is 9.59 Å². The van der Waals surface area contributed by atoms with Crippen LogP contribution in [0, 0.1) is 0 Å².